The minimum absolute atomic E-state index is 0.0230. The lowest BCUT2D eigenvalue weighted by Gasteiger charge is -2.27. The van der Waals surface area contributed by atoms with Gasteiger partial charge in [0.05, 0.1) is 0 Å². The van der Waals surface area contributed by atoms with E-state index in [-0.39, 0.29) is 5.41 Å². The van der Waals surface area contributed by atoms with E-state index in [1.54, 1.807) is 0 Å². The summed E-state index contributed by atoms with van der Waals surface area (Å²) in [6.45, 7) is 5.77. The van der Waals surface area contributed by atoms with Crippen molar-refractivity contribution in [3.63, 3.8) is 0 Å². The van der Waals surface area contributed by atoms with Crippen LogP contribution in [0.4, 0.5) is 11.4 Å². The summed E-state index contributed by atoms with van der Waals surface area (Å²) in [5.41, 5.74) is 1.93. The fraction of sp³-hybridized carbons (Fsp3) is 0.263. The van der Waals surface area contributed by atoms with E-state index < -0.39 is 0 Å². The lowest BCUT2D eigenvalue weighted by Crippen LogP contribution is -2.44. The molecular formula is C19H24N4S2. The maximum absolute atomic E-state index is 5.35. The first-order chi connectivity index (χ1) is 11.9. The Hall–Kier alpha value is -2.18. The summed E-state index contributed by atoms with van der Waals surface area (Å²) < 4.78 is 0. The van der Waals surface area contributed by atoms with Crippen LogP contribution < -0.4 is 21.3 Å². The molecule has 0 aromatic heterocycles. The predicted octanol–water partition coefficient (Wildman–Crippen LogP) is 3.99. The van der Waals surface area contributed by atoms with Gasteiger partial charge in [0.1, 0.15) is 0 Å². The Morgan fingerprint density at radius 1 is 0.720 bits per heavy atom. The highest BCUT2D eigenvalue weighted by atomic mass is 32.1. The van der Waals surface area contributed by atoms with Crippen LogP contribution in [0.1, 0.15) is 13.8 Å². The summed E-state index contributed by atoms with van der Waals surface area (Å²) in [4.78, 5) is 0. The van der Waals surface area contributed by atoms with Crippen molar-refractivity contribution in [1.29, 1.82) is 0 Å². The molecule has 6 heteroatoms. The van der Waals surface area contributed by atoms with Gasteiger partial charge in [-0.25, -0.2) is 0 Å². The zero-order valence-electron chi connectivity index (χ0n) is 14.5. The lowest BCUT2D eigenvalue weighted by molar-refractivity contribution is 0.362. The molecule has 0 spiro atoms. The highest BCUT2D eigenvalue weighted by molar-refractivity contribution is 7.80. The molecule has 0 saturated carbocycles. The molecule has 0 amide bonds. The smallest absolute Gasteiger partial charge is 0.170 e. The van der Waals surface area contributed by atoms with Crippen LogP contribution in [-0.4, -0.2) is 23.3 Å². The minimum atomic E-state index is -0.0230. The van der Waals surface area contributed by atoms with Gasteiger partial charge in [0.2, 0.25) is 0 Å². The van der Waals surface area contributed by atoms with E-state index in [2.05, 4.69) is 35.1 Å². The van der Waals surface area contributed by atoms with Gasteiger partial charge in [-0.15, -0.1) is 0 Å². The second kappa shape index (κ2) is 9.34. The molecule has 0 bridgehead atoms. The fourth-order valence-corrected chi connectivity index (χ4v) is 2.48. The maximum atomic E-state index is 5.35. The first kappa shape index (κ1) is 19.1. The summed E-state index contributed by atoms with van der Waals surface area (Å²) in [7, 11) is 0. The third kappa shape index (κ3) is 7.49. The number of anilines is 2. The maximum Gasteiger partial charge on any atom is 0.170 e. The zero-order valence-corrected chi connectivity index (χ0v) is 16.1. The van der Waals surface area contributed by atoms with E-state index in [4.69, 9.17) is 24.4 Å². The summed E-state index contributed by atoms with van der Waals surface area (Å²) in [5, 5.41) is 14.1. The zero-order chi connectivity index (χ0) is 18.1. The minimum Gasteiger partial charge on any atom is -0.362 e. The molecule has 0 radical (unpaired) electrons. The third-order valence-electron chi connectivity index (χ3n) is 3.52. The van der Waals surface area contributed by atoms with Crippen LogP contribution in [-0.2, 0) is 0 Å². The van der Waals surface area contributed by atoms with Crippen molar-refractivity contribution in [3.8, 4) is 0 Å². The second-order valence-corrected chi connectivity index (χ2v) is 7.33. The molecule has 2 rings (SSSR count). The van der Waals surface area contributed by atoms with Gasteiger partial charge in [-0.05, 0) is 54.1 Å². The van der Waals surface area contributed by atoms with Crippen LogP contribution in [0.5, 0.6) is 0 Å². The van der Waals surface area contributed by atoms with Crippen molar-refractivity contribution >= 4 is 46.0 Å². The molecule has 0 saturated heterocycles. The average Bonchev–Trinajstić information content (AvgIpc) is 2.60. The van der Waals surface area contributed by atoms with E-state index in [0.717, 1.165) is 24.5 Å². The highest BCUT2D eigenvalue weighted by Crippen LogP contribution is 2.13. The van der Waals surface area contributed by atoms with Crippen LogP contribution in [0.25, 0.3) is 0 Å². The molecule has 0 atom stereocenters. The number of rotatable bonds is 6. The van der Waals surface area contributed by atoms with E-state index in [9.17, 15) is 0 Å². The number of benzene rings is 2. The number of hydrogen-bond donors (Lipinski definition) is 4. The molecule has 132 valence electrons. The Morgan fingerprint density at radius 2 is 1.08 bits per heavy atom. The average molecular weight is 373 g/mol. The Kier molecular flexibility index (Phi) is 7.16. The number of nitrogens with one attached hydrogen (secondary N) is 4. The van der Waals surface area contributed by atoms with E-state index in [1.807, 2.05) is 60.7 Å². The molecule has 0 unspecified atom stereocenters. The van der Waals surface area contributed by atoms with Crippen LogP contribution in [0.3, 0.4) is 0 Å². The van der Waals surface area contributed by atoms with Crippen LogP contribution in [0.15, 0.2) is 60.7 Å². The molecular weight excluding hydrogens is 348 g/mol. The molecule has 2 aromatic carbocycles. The second-order valence-electron chi connectivity index (χ2n) is 6.51. The highest BCUT2D eigenvalue weighted by Gasteiger charge is 2.18. The van der Waals surface area contributed by atoms with Crippen molar-refractivity contribution in [3.05, 3.63) is 60.7 Å². The summed E-state index contributed by atoms with van der Waals surface area (Å²) in [5.74, 6) is 0. The first-order valence-electron chi connectivity index (χ1n) is 8.14. The first-order valence-corrected chi connectivity index (χ1v) is 8.96. The molecule has 2 aromatic rings. The van der Waals surface area contributed by atoms with Gasteiger partial charge in [-0.3, -0.25) is 0 Å². The van der Waals surface area contributed by atoms with Crippen molar-refractivity contribution in [1.82, 2.24) is 10.6 Å². The topological polar surface area (TPSA) is 48.1 Å². The van der Waals surface area contributed by atoms with Gasteiger partial charge >= 0.3 is 0 Å². The largest absolute Gasteiger partial charge is 0.362 e. The third-order valence-corrected chi connectivity index (χ3v) is 4.01. The summed E-state index contributed by atoms with van der Waals surface area (Å²) in [6, 6.07) is 19.8. The Bertz CT molecular complexity index is 628. The molecule has 0 aliphatic rings. The molecule has 4 nitrogen and oxygen atoms in total. The van der Waals surface area contributed by atoms with E-state index >= 15 is 0 Å². The van der Waals surface area contributed by atoms with Crippen molar-refractivity contribution < 1.29 is 0 Å². The summed E-state index contributed by atoms with van der Waals surface area (Å²) in [6.07, 6.45) is 0. The Labute approximate surface area is 160 Å². The molecule has 4 N–H and O–H groups in total. The van der Waals surface area contributed by atoms with Crippen molar-refractivity contribution in [2.45, 2.75) is 13.8 Å². The molecule has 0 fully saturated rings. The normalized spacial score (nSPS) is 10.6. The van der Waals surface area contributed by atoms with Gasteiger partial charge in [0.15, 0.2) is 10.2 Å². The molecule has 0 aliphatic heterocycles. The Balaban J connectivity index is 1.71. The van der Waals surface area contributed by atoms with Crippen LogP contribution in [0.2, 0.25) is 0 Å². The quantitative estimate of drug-likeness (QED) is 0.576. The van der Waals surface area contributed by atoms with Gasteiger partial charge < -0.3 is 21.3 Å². The molecule has 0 heterocycles. The van der Waals surface area contributed by atoms with Crippen LogP contribution >= 0.6 is 24.4 Å². The number of para-hydroxylation sites is 2. The lowest BCUT2D eigenvalue weighted by atomic mass is 9.93. The van der Waals surface area contributed by atoms with E-state index in [1.165, 1.54) is 0 Å². The van der Waals surface area contributed by atoms with Crippen molar-refractivity contribution in [2.75, 3.05) is 23.7 Å². The molecule has 0 aliphatic carbocycles. The standard InChI is InChI=1S/C19H24N4S2/c1-19(2,13-20-17(24)22-15-9-5-3-6-10-15)14-21-18(25)23-16-11-7-4-8-12-16/h3-12H,13-14H2,1-2H3,(H2,20,22,24)(H2,21,23,25). The van der Waals surface area contributed by atoms with Gasteiger partial charge in [-0.2, -0.15) is 0 Å². The number of hydrogen-bond acceptors (Lipinski definition) is 2. The summed E-state index contributed by atoms with van der Waals surface area (Å²) >= 11 is 10.7. The van der Waals surface area contributed by atoms with Crippen molar-refractivity contribution in [2.24, 2.45) is 5.41 Å². The van der Waals surface area contributed by atoms with Gasteiger partial charge in [0.25, 0.3) is 0 Å². The Morgan fingerprint density at radius 3 is 1.44 bits per heavy atom. The fourth-order valence-electron chi connectivity index (χ4n) is 2.10. The number of thiocarbonyl (C=S) groups is 2. The SMILES string of the molecule is CC(C)(CNC(=S)Nc1ccccc1)CNC(=S)Nc1ccccc1. The molecule has 25 heavy (non-hydrogen) atoms. The van der Waals surface area contributed by atoms with Gasteiger partial charge in [-0.1, -0.05) is 50.2 Å². The van der Waals surface area contributed by atoms with Gasteiger partial charge in [0, 0.05) is 24.5 Å². The predicted molar refractivity (Wildman–Crippen MR) is 115 cm³/mol. The van der Waals surface area contributed by atoms with Crippen LogP contribution in [0, 0.1) is 5.41 Å². The monoisotopic (exact) mass is 372 g/mol. The van der Waals surface area contributed by atoms with E-state index in [0.29, 0.717) is 10.2 Å².